The molecule has 0 radical (unpaired) electrons. The Morgan fingerprint density at radius 2 is 2.00 bits per heavy atom. The summed E-state index contributed by atoms with van der Waals surface area (Å²) in [5.41, 5.74) is 1.53. The molecule has 2 amide bonds. The van der Waals surface area contributed by atoms with E-state index in [9.17, 15) is 29.3 Å². The lowest BCUT2D eigenvalue weighted by Gasteiger charge is -2.40. The van der Waals surface area contributed by atoms with E-state index in [0.29, 0.717) is 29.0 Å². The third kappa shape index (κ3) is 5.68. The van der Waals surface area contributed by atoms with Crippen LogP contribution in [0.25, 0.3) is 0 Å². The van der Waals surface area contributed by atoms with Crippen LogP contribution in [-0.2, 0) is 22.7 Å². The number of halogens is 1. The minimum absolute atomic E-state index is 0.00833. The van der Waals surface area contributed by atoms with Crippen molar-refractivity contribution >= 4 is 11.8 Å². The number of hydrogen-bond acceptors (Lipinski definition) is 7. The summed E-state index contributed by atoms with van der Waals surface area (Å²) in [6.07, 6.45) is 2.83. The molecule has 0 saturated carbocycles. The molecule has 10 heteroatoms. The number of nitrogens with one attached hydrogen (secondary N) is 1. The first-order valence-corrected chi connectivity index (χ1v) is 12.8. The van der Waals surface area contributed by atoms with Gasteiger partial charge in [-0.15, -0.1) is 0 Å². The van der Waals surface area contributed by atoms with Gasteiger partial charge in [-0.3, -0.25) is 9.59 Å². The normalized spacial score (nSPS) is 21.5. The minimum atomic E-state index is -1.30. The third-order valence-electron chi connectivity index (χ3n) is 6.93. The van der Waals surface area contributed by atoms with Crippen LogP contribution in [0.3, 0.4) is 0 Å². The van der Waals surface area contributed by atoms with Crippen molar-refractivity contribution in [3.8, 4) is 11.5 Å². The fraction of sp³-hybridized carbons (Fsp3) is 0.379. The maximum absolute atomic E-state index is 14.6. The first kappa shape index (κ1) is 28.3. The Labute approximate surface area is 226 Å². The molecule has 0 bridgehead atoms. The fourth-order valence-corrected chi connectivity index (χ4v) is 5.07. The van der Waals surface area contributed by atoms with Crippen LogP contribution in [0.15, 0.2) is 60.2 Å². The average Bonchev–Trinajstić information content (AvgIpc) is 3.34. The van der Waals surface area contributed by atoms with Gasteiger partial charge in [0.2, 0.25) is 11.8 Å². The van der Waals surface area contributed by atoms with E-state index in [0.717, 1.165) is 0 Å². The van der Waals surface area contributed by atoms with Crippen LogP contribution in [0.4, 0.5) is 4.39 Å². The van der Waals surface area contributed by atoms with Gasteiger partial charge in [-0.2, -0.15) is 0 Å². The number of carbonyl (C=O) groups is 2. The van der Waals surface area contributed by atoms with Crippen LogP contribution in [-0.4, -0.2) is 70.5 Å². The SMILES string of the molecule is CCC=CC(=O)N(Cc1ccccc1F)C1C=C(C(=O)NCCO)C2c3cc(CO)cc(OC)c3OC2C1O. The van der Waals surface area contributed by atoms with Crippen molar-refractivity contribution < 1.29 is 38.8 Å². The second kappa shape index (κ2) is 12.4. The summed E-state index contributed by atoms with van der Waals surface area (Å²) < 4.78 is 26.3. The number of aliphatic hydroxyl groups is 3. The molecule has 39 heavy (non-hydrogen) atoms. The number of fused-ring (bicyclic) bond motifs is 3. The summed E-state index contributed by atoms with van der Waals surface area (Å²) in [4.78, 5) is 28.0. The van der Waals surface area contributed by atoms with E-state index in [1.165, 1.54) is 30.2 Å². The van der Waals surface area contributed by atoms with E-state index < -0.39 is 41.8 Å². The van der Waals surface area contributed by atoms with E-state index in [-0.39, 0.29) is 37.4 Å². The Kier molecular flexibility index (Phi) is 9.01. The lowest BCUT2D eigenvalue weighted by atomic mass is 9.77. The van der Waals surface area contributed by atoms with Crippen molar-refractivity contribution in [3.05, 3.63) is 82.7 Å². The summed E-state index contributed by atoms with van der Waals surface area (Å²) in [5, 5.41) is 33.3. The standard InChI is InChI=1S/C29H33FN2O7/c1-3-4-9-24(35)32(15-18-7-5-6-8-21(18)30)22-14-20(29(37)31-10-11-33)25-19-12-17(16-34)13-23(38-2)27(19)39-28(25)26(22)36/h4-9,12-14,22,25-26,28,33-34,36H,3,10-11,15-16H2,1-2H3,(H,31,37). The van der Waals surface area contributed by atoms with E-state index in [2.05, 4.69) is 5.32 Å². The van der Waals surface area contributed by atoms with Crippen molar-refractivity contribution in [2.24, 2.45) is 0 Å². The molecular weight excluding hydrogens is 507 g/mol. The number of ether oxygens (including phenoxy) is 2. The topological polar surface area (TPSA) is 129 Å². The first-order valence-electron chi connectivity index (χ1n) is 12.8. The van der Waals surface area contributed by atoms with Crippen LogP contribution in [0, 0.1) is 5.82 Å². The number of allylic oxidation sites excluding steroid dienone is 1. The van der Waals surface area contributed by atoms with Crippen LogP contribution in [0.5, 0.6) is 11.5 Å². The fourth-order valence-electron chi connectivity index (χ4n) is 5.07. The maximum atomic E-state index is 14.6. The number of carbonyl (C=O) groups excluding carboxylic acids is 2. The Bertz CT molecular complexity index is 1280. The third-order valence-corrected chi connectivity index (χ3v) is 6.93. The molecule has 2 aliphatic rings. The highest BCUT2D eigenvalue weighted by atomic mass is 19.1. The molecule has 1 heterocycles. The molecule has 2 aromatic rings. The Morgan fingerprint density at radius 1 is 1.23 bits per heavy atom. The van der Waals surface area contributed by atoms with Gasteiger partial charge in [0.25, 0.3) is 0 Å². The summed E-state index contributed by atoms with van der Waals surface area (Å²) in [6, 6.07) is 8.29. The highest BCUT2D eigenvalue weighted by Gasteiger charge is 2.51. The van der Waals surface area contributed by atoms with Crippen molar-refractivity contribution in [1.82, 2.24) is 10.2 Å². The van der Waals surface area contributed by atoms with Crippen molar-refractivity contribution in [1.29, 1.82) is 0 Å². The summed E-state index contributed by atoms with van der Waals surface area (Å²) in [6.45, 7) is 1.13. The zero-order chi connectivity index (χ0) is 28.1. The molecular formula is C29H33FN2O7. The number of rotatable bonds is 10. The highest BCUT2D eigenvalue weighted by molar-refractivity contribution is 5.96. The molecule has 1 aliphatic carbocycles. The lowest BCUT2D eigenvalue weighted by Crippen LogP contribution is -2.55. The predicted molar refractivity (Wildman–Crippen MR) is 140 cm³/mol. The van der Waals surface area contributed by atoms with Crippen LogP contribution >= 0.6 is 0 Å². The molecule has 0 aromatic heterocycles. The van der Waals surface area contributed by atoms with E-state index in [1.54, 1.807) is 36.4 Å². The van der Waals surface area contributed by atoms with E-state index in [1.807, 2.05) is 6.92 Å². The molecule has 2 aromatic carbocycles. The van der Waals surface area contributed by atoms with Crippen LogP contribution in [0.1, 0.15) is 36.0 Å². The summed E-state index contributed by atoms with van der Waals surface area (Å²) >= 11 is 0. The molecule has 0 saturated heterocycles. The number of nitrogens with zero attached hydrogens (tertiary/aromatic N) is 1. The smallest absolute Gasteiger partial charge is 0.247 e. The minimum Gasteiger partial charge on any atom is -0.493 e. The number of methoxy groups -OCH3 is 1. The van der Waals surface area contributed by atoms with Crippen LogP contribution in [0.2, 0.25) is 0 Å². The van der Waals surface area contributed by atoms with Gasteiger partial charge in [-0.25, -0.2) is 4.39 Å². The molecule has 208 valence electrons. The zero-order valence-corrected chi connectivity index (χ0v) is 21.8. The van der Waals surface area contributed by atoms with Gasteiger partial charge < -0.3 is 35.0 Å². The monoisotopic (exact) mass is 540 g/mol. The van der Waals surface area contributed by atoms with Crippen molar-refractivity contribution in [2.45, 2.75) is 50.7 Å². The lowest BCUT2D eigenvalue weighted by molar-refractivity contribution is -0.133. The zero-order valence-electron chi connectivity index (χ0n) is 21.8. The molecule has 4 rings (SSSR count). The summed E-state index contributed by atoms with van der Waals surface area (Å²) in [7, 11) is 1.45. The van der Waals surface area contributed by atoms with Gasteiger partial charge in [0.1, 0.15) is 18.0 Å². The summed E-state index contributed by atoms with van der Waals surface area (Å²) in [5.74, 6) is -1.58. The number of aliphatic hydroxyl groups excluding tert-OH is 3. The highest BCUT2D eigenvalue weighted by Crippen LogP contribution is 2.51. The van der Waals surface area contributed by atoms with Gasteiger partial charge in [-0.05, 0) is 42.3 Å². The molecule has 0 spiro atoms. The van der Waals surface area contributed by atoms with Gasteiger partial charge >= 0.3 is 0 Å². The van der Waals surface area contributed by atoms with Gasteiger partial charge in [0, 0.05) is 29.8 Å². The average molecular weight is 541 g/mol. The van der Waals surface area contributed by atoms with Crippen molar-refractivity contribution in [2.75, 3.05) is 20.3 Å². The second-order valence-corrected chi connectivity index (χ2v) is 9.39. The van der Waals surface area contributed by atoms with Crippen molar-refractivity contribution in [3.63, 3.8) is 0 Å². The second-order valence-electron chi connectivity index (χ2n) is 9.39. The largest absolute Gasteiger partial charge is 0.493 e. The van der Waals surface area contributed by atoms with E-state index in [4.69, 9.17) is 9.47 Å². The quantitative estimate of drug-likeness (QED) is 0.339. The molecule has 1 aliphatic heterocycles. The predicted octanol–water partition coefficient (Wildman–Crippen LogP) is 1.94. The molecule has 4 unspecified atom stereocenters. The van der Waals surface area contributed by atoms with Gasteiger partial charge in [0.05, 0.1) is 32.3 Å². The molecule has 4 atom stereocenters. The van der Waals surface area contributed by atoms with E-state index >= 15 is 0 Å². The maximum Gasteiger partial charge on any atom is 0.247 e. The Morgan fingerprint density at radius 3 is 2.67 bits per heavy atom. The molecule has 0 fully saturated rings. The first-order chi connectivity index (χ1) is 18.8. The van der Waals surface area contributed by atoms with Gasteiger partial charge in [0.15, 0.2) is 11.5 Å². The molecule has 4 N–H and O–H groups in total. The van der Waals surface area contributed by atoms with Crippen LogP contribution < -0.4 is 14.8 Å². The van der Waals surface area contributed by atoms with Gasteiger partial charge in [-0.1, -0.05) is 31.2 Å². The molecule has 9 nitrogen and oxygen atoms in total. The Hall–Kier alpha value is -3.73. The number of amides is 2. The Balaban J connectivity index is 1.84. The number of benzene rings is 2. The number of hydrogen-bond donors (Lipinski definition) is 4.